The molecule has 2 amide bonds. The van der Waals surface area contributed by atoms with Crippen molar-refractivity contribution in [1.82, 2.24) is 4.90 Å². The number of anilines is 1. The molecule has 1 aromatic carbocycles. The van der Waals surface area contributed by atoms with Crippen molar-refractivity contribution in [3.05, 3.63) is 24.3 Å². The van der Waals surface area contributed by atoms with Crippen molar-refractivity contribution >= 4 is 11.7 Å². The standard InChI is InChI=1S/C16H26N2O3/c1-6-18(11-16(4,5)20)15(19)17-13-7-9-14(10-8-13)21-12(2)3/h7-10,12,20H,6,11H2,1-5H3,(H,17,19). The van der Waals surface area contributed by atoms with Crippen LogP contribution < -0.4 is 10.1 Å². The summed E-state index contributed by atoms with van der Waals surface area (Å²) in [6.45, 7) is 9.98. The van der Waals surface area contributed by atoms with Crippen molar-refractivity contribution in [1.29, 1.82) is 0 Å². The summed E-state index contributed by atoms with van der Waals surface area (Å²) in [6, 6.07) is 7.02. The minimum absolute atomic E-state index is 0.118. The van der Waals surface area contributed by atoms with Crippen LogP contribution in [0.25, 0.3) is 0 Å². The highest BCUT2D eigenvalue weighted by Crippen LogP contribution is 2.17. The first-order chi connectivity index (χ1) is 9.71. The van der Waals surface area contributed by atoms with Crippen LogP contribution >= 0.6 is 0 Å². The zero-order valence-electron chi connectivity index (χ0n) is 13.5. The molecule has 2 N–H and O–H groups in total. The Kier molecular flexibility index (Phi) is 6.03. The third-order valence-corrected chi connectivity index (χ3v) is 2.72. The molecular weight excluding hydrogens is 268 g/mol. The number of aliphatic hydroxyl groups is 1. The Hall–Kier alpha value is -1.75. The smallest absolute Gasteiger partial charge is 0.321 e. The molecule has 21 heavy (non-hydrogen) atoms. The van der Waals surface area contributed by atoms with E-state index in [2.05, 4.69) is 5.32 Å². The van der Waals surface area contributed by atoms with Gasteiger partial charge in [0.25, 0.3) is 0 Å². The Morgan fingerprint density at radius 1 is 1.33 bits per heavy atom. The Balaban J connectivity index is 2.64. The maximum absolute atomic E-state index is 12.2. The number of nitrogens with zero attached hydrogens (tertiary/aromatic N) is 1. The van der Waals surface area contributed by atoms with Crippen LogP contribution in [0.5, 0.6) is 5.75 Å². The highest BCUT2D eigenvalue weighted by atomic mass is 16.5. The molecule has 0 fully saturated rings. The normalized spacial score (nSPS) is 11.4. The van der Waals surface area contributed by atoms with Gasteiger partial charge in [-0.3, -0.25) is 0 Å². The molecule has 0 aliphatic carbocycles. The van der Waals surface area contributed by atoms with Crippen molar-refractivity contribution in [2.45, 2.75) is 46.3 Å². The van der Waals surface area contributed by atoms with Gasteiger partial charge in [0.2, 0.25) is 0 Å². The number of rotatable bonds is 6. The maximum atomic E-state index is 12.2. The van der Waals surface area contributed by atoms with Crippen LogP contribution in [0.4, 0.5) is 10.5 Å². The quantitative estimate of drug-likeness (QED) is 0.847. The lowest BCUT2D eigenvalue weighted by Crippen LogP contribution is -2.44. The first kappa shape index (κ1) is 17.3. The average Bonchev–Trinajstić information content (AvgIpc) is 2.36. The number of benzene rings is 1. The number of carbonyl (C=O) groups is 1. The van der Waals surface area contributed by atoms with Gasteiger partial charge in [-0.25, -0.2) is 4.79 Å². The minimum atomic E-state index is -0.914. The summed E-state index contributed by atoms with van der Waals surface area (Å²) in [5.41, 5.74) is -0.215. The molecule has 0 atom stereocenters. The fourth-order valence-electron chi connectivity index (χ4n) is 1.89. The SMILES string of the molecule is CCN(CC(C)(C)O)C(=O)Nc1ccc(OC(C)C)cc1. The number of amides is 2. The molecule has 0 radical (unpaired) electrons. The van der Waals surface area contributed by atoms with E-state index in [9.17, 15) is 9.90 Å². The van der Waals surface area contributed by atoms with E-state index in [1.165, 1.54) is 0 Å². The van der Waals surface area contributed by atoms with Crippen LogP contribution in [-0.2, 0) is 0 Å². The largest absolute Gasteiger partial charge is 0.491 e. The molecule has 0 aliphatic rings. The third kappa shape index (κ3) is 6.49. The summed E-state index contributed by atoms with van der Waals surface area (Å²) in [7, 11) is 0. The predicted molar refractivity (Wildman–Crippen MR) is 84.8 cm³/mol. The van der Waals surface area contributed by atoms with E-state index in [1.54, 1.807) is 30.9 Å². The molecule has 5 nitrogen and oxygen atoms in total. The van der Waals surface area contributed by atoms with E-state index in [-0.39, 0.29) is 18.7 Å². The predicted octanol–water partition coefficient (Wildman–Crippen LogP) is 3.10. The first-order valence-electron chi connectivity index (χ1n) is 7.26. The van der Waals surface area contributed by atoms with Gasteiger partial charge in [-0.05, 0) is 58.9 Å². The summed E-state index contributed by atoms with van der Waals surface area (Å²) >= 11 is 0. The van der Waals surface area contributed by atoms with Gasteiger partial charge in [0.05, 0.1) is 18.2 Å². The molecule has 0 aromatic heterocycles. The van der Waals surface area contributed by atoms with E-state index < -0.39 is 5.60 Å². The summed E-state index contributed by atoms with van der Waals surface area (Å²) in [4.78, 5) is 13.7. The number of nitrogens with one attached hydrogen (secondary N) is 1. The Morgan fingerprint density at radius 3 is 2.33 bits per heavy atom. The summed E-state index contributed by atoms with van der Waals surface area (Å²) < 4.78 is 5.55. The molecule has 0 bridgehead atoms. The summed E-state index contributed by atoms with van der Waals surface area (Å²) in [6.07, 6.45) is 0.118. The van der Waals surface area contributed by atoms with E-state index >= 15 is 0 Å². The topological polar surface area (TPSA) is 61.8 Å². The van der Waals surface area contributed by atoms with Crippen LogP contribution in [0.2, 0.25) is 0 Å². The molecule has 1 rings (SSSR count). The van der Waals surface area contributed by atoms with Gasteiger partial charge in [0.15, 0.2) is 0 Å². The fraction of sp³-hybridized carbons (Fsp3) is 0.562. The van der Waals surface area contributed by atoms with Gasteiger partial charge in [0.1, 0.15) is 5.75 Å². The number of carbonyl (C=O) groups excluding carboxylic acids is 1. The molecule has 1 aromatic rings. The number of hydrogen-bond acceptors (Lipinski definition) is 3. The van der Waals surface area contributed by atoms with Crippen molar-refractivity contribution in [2.24, 2.45) is 0 Å². The highest BCUT2D eigenvalue weighted by Gasteiger charge is 2.21. The van der Waals surface area contributed by atoms with E-state index in [4.69, 9.17) is 4.74 Å². The lowest BCUT2D eigenvalue weighted by molar-refractivity contribution is 0.0501. The van der Waals surface area contributed by atoms with E-state index in [0.717, 1.165) is 5.75 Å². The van der Waals surface area contributed by atoms with Gasteiger partial charge in [-0.15, -0.1) is 0 Å². The minimum Gasteiger partial charge on any atom is -0.491 e. The Bertz CT molecular complexity index is 450. The second-order valence-electron chi connectivity index (χ2n) is 5.95. The Labute approximate surface area is 126 Å². The molecule has 0 spiro atoms. The van der Waals surface area contributed by atoms with Gasteiger partial charge in [-0.2, -0.15) is 0 Å². The number of ether oxygens (including phenoxy) is 1. The van der Waals surface area contributed by atoms with E-state index in [0.29, 0.717) is 12.2 Å². The van der Waals surface area contributed by atoms with Gasteiger partial charge >= 0.3 is 6.03 Å². The van der Waals surface area contributed by atoms with Crippen molar-refractivity contribution in [3.8, 4) is 5.75 Å². The molecule has 0 heterocycles. The van der Waals surface area contributed by atoms with Crippen LogP contribution in [-0.4, -0.2) is 40.8 Å². The van der Waals surface area contributed by atoms with Gasteiger partial charge < -0.3 is 20.1 Å². The Morgan fingerprint density at radius 2 is 1.90 bits per heavy atom. The lowest BCUT2D eigenvalue weighted by atomic mass is 10.1. The van der Waals surface area contributed by atoms with Crippen LogP contribution in [0, 0.1) is 0 Å². The maximum Gasteiger partial charge on any atom is 0.321 e. The summed E-state index contributed by atoms with van der Waals surface area (Å²) in [5, 5.41) is 12.6. The molecule has 0 saturated carbocycles. The fourth-order valence-corrected chi connectivity index (χ4v) is 1.89. The van der Waals surface area contributed by atoms with Gasteiger partial charge in [0, 0.05) is 12.2 Å². The summed E-state index contributed by atoms with van der Waals surface area (Å²) in [5.74, 6) is 0.770. The second kappa shape index (κ2) is 7.31. The zero-order valence-corrected chi connectivity index (χ0v) is 13.5. The third-order valence-electron chi connectivity index (χ3n) is 2.72. The van der Waals surface area contributed by atoms with Crippen LogP contribution in [0.1, 0.15) is 34.6 Å². The van der Waals surface area contributed by atoms with Crippen molar-refractivity contribution in [3.63, 3.8) is 0 Å². The lowest BCUT2D eigenvalue weighted by Gasteiger charge is -2.28. The molecular formula is C16H26N2O3. The van der Waals surface area contributed by atoms with Crippen LogP contribution in [0.15, 0.2) is 24.3 Å². The molecule has 118 valence electrons. The molecule has 0 aliphatic heterocycles. The number of likely N-dealkylation sites (N-methyl/N-ethyl adjacent to an activating group) is 1. The number of urea groups is 1. The monoisotopic (exact) mass is 294 g/mol. The highest BCUT2D eigenvalue weighted by molar-refractivity contribution is 5.89. The molecule has 5 heteroatoms. The van der Waals surface area contributed by atoms with E-state index in [1.807, 2.05) is 32.9 Å². The van der Waals surface area contributed by atoms with Crippen LogP contribution in [0.3, 0.4) is 0 Å². The first-order valence-corrected chi connectivity index (χ1v) is 7.26. The average molecular weight is 294 g/mol. The number of hydrogen-bond donors (Lipinski definition) is 2. The van der Waals surface area contributed by atoms with Crippen molar-refractivity contribution in [2.75, 3.05) is 18.4 Å². The molecule has 0 unspecified atom stereocenters. The van der Waals surface area contributed by atoms with Gasteiger partial charge in [-0.1, -0.05) is 0 Å². The van der Waals surface area contributed by atoms with Crippen molar-refractivity contribution < 1.29 is 14.6 Å². The second-order valence-corrected chi connectivity index (χ2v) is 5.95. The zero-order chi connectivity index (χ0) is 16.0. The molecule has 0 saturated heterocycles.